The lowest BCUT2D eigenvalue weighted by Gasteiger charge is -2.24. The number of hydrogen-bond donors (Lipinski definition) is 1. The van der Waals surface area contributed by atoms with Gasteiger partial charge in [-0.15, -0.1) is 0 Å². The van der Waals surface area contributed by atoms with Crippen LogP contribution in [0.1, 0.15) is 90.9 Å². The molecule has 0 aliphatic rings. The van der Waals surface area contributed by atoms with E-state index in [1.165, 1.54) is 69.9 Å². The molecular formula is C21H37NO3S. The van der Waals surface area contributed by atoms with Crippen molar-refractivity contribution >= 4 is 10.1 Å². The van der Waals surface area contributed by atoms with E-state index < -0.39 is 15.8 Å². The first-order valence-corrected chi connectivity index (χ1v) is 11.6. The van der Waals surface area contributed by atoms with Gasteiger partial charge in [0.25, 0.3) is 10.1 Å². The SMILES string of the molecule is CCCCCCCCCCCCCC(C)(N)OS(=O)(=O)c1ccccc1. The van der Waals surface area contributed by atoms with Crippen LogP contribution in [0.25, 0.3) is 0 Å². The van der Waals surface area contributed by atoms with E-state index in [0.717, 1.165) is 12.8 Å². The van der Waals surface area contributed by atoms with Gasteiger partial charge in [-0.1, -0.05) is 89.3 Å². The van der Waals surface area contributed by atoms with Gasteiger partial charge in [-0.25, -0.2) is 4.18 Å². The summed E-state index contributed by atoms with van der Waals surface area (Å²) < 4.78 is 29.7. The van der Waals surface area contributed by atoms with Gasteiger partial charge in [-0.2, -0.15) is 8.42 Å². The Labute approximate surface area is 160 Å². The number of unbranched alkanes of at least 4 members (excludes halogenated alkanes) is 10. The second-order valence-corrected chi connectivity index (χ2v) is 9.00. The summed E-state index contributed by atoms with van der Waals surface area (Å²) in [5, 5.41) is 0. The van der Waals surface area contributed by atoms with Crippen LogP contribution in [0.3, 0.4) is 0 Å². The minimum atomic E-state index is -3.81. The molecule has 26 heavy (non-hydrogen) atoms. The summed E-state index contributed by atoms with van der Waals surface area (Å²) in [7, 11) is -3.81. The van der Waals surface area contributed by atoms with Gasteiger partial charge in [-0.05, 0) is 31.9 Å². The van der Waals surface area contributed by atoms with Gasteiger partial charge in [-0.3, -0.25) is 0 Å². The van der Waals surface area contributed by atoms with Gasteiger partial charge in [0.05, 0.1) is 4.90 Å². The summed E-state index contributed by atoms with van der Waals surface area (Å²) >= 11 is 0. The second-order valence-electron chi connectivity index (χ2n) is 7.45. The molecule has 0 radical (unpaired) electrons. The molecule has 1 aromatic rings. The van der Waals surface area contributed by atoms with Crippen LogP contribution in [-0.4, -0.2) is 14.1 Å². The Morgan fingerprint density at radius 3 is 1.81 bits per heavy atom. The van der Waals surface area contributed by atoms with Crippen molar-refractivity contribution < 1.29 is 12.6 Å². The van der Waals surface area contributed by atoms with Crippen LogP contribution >= 0.6 is 0 Å². The van der Waals surface area contributed by atoms with Crippen LogP contribution < -0.4 is 5.73 Å². The van der Waals surface area contributed by atoms with E-state index in [2.05, 4.69) is 6.92 Å². The molecule has 0 heterocycles. The van der Waals surface area contributed by atoms with E-state index in [4.69, 9.17) is 9.92 Å². The van der Waals surface area contributed by atoms with Crippen LogP contribution in [-0.2, 0) is 14.3 Å². The normalized spacial score (nSPS) is 14.3. The fraction of sp³-hybridized carbons (Fsp3) is 0.714. The summed E-state index contributed by atoms with van der Waals surface area (Å²) in [6.07, 6.45) is 14.3. The fourth-order valence-electron chi connectivity index (χ4n) is 3.07. The lowest BCUT2D eigenvalue weighted by molar-refractivity contribution is 0.0910. The maximum absolute atomic E-state index is 12.2. The molecule has 0 saturated heterocycles. The van der Waals surface area contributed by atoms with Gasteiger partial charge >= 0.3 is 0 Å². The molecular weight excluding hydrogens is 346 g/mol. The van der Waals surface area contributed by atoms with E-state index >= 15 is 0 Å². The smallest absolute Gasteiger partial charge is 0.298 e. The maximum Gasteiger partial charge on any atom is 0.298 e. The lowest BCUT2D eigenvalue weighted by Crippen LogP contribution is -2.41. The molecule has 0 saturated carbocycles. The van der Waals surface area contributed by atoms with E-state index in [1.54, 1.807) is 25.1 Å². The zero-order valence-electron chi connectivity index (χ0n) is 16.6. The molecule has 2 N–H and O–H groups in total. The van der Waals surface area contributed by atoms with Crippen molar-refractivity contribution in [1.82, 2.24) is 0 Å². The third-order valence-electron chi connectivity index (χ3n) is 4.61. The molecule has 1 atom stereocenters. The third-order valence-corrected chi connectivity index (χ3v) is 6.06. The standard InChI is InChI=1S/C21H37NO3S/c1-3-4-5-6-7-8-9-10-11-12-16-19-21(2,22)25-26(23,24)20-17-14-13-15-18-20/h13-15,17-18H,3-12,16,19,22H2,1-2H3. The first-order valence-electron chi connectivity index (χ1n) is 10.2. The predicted molar refractivity (Wildman–Crippen MR) is 108 cm³/mol. The van der Waals surface area contributed by atoms with Gasteiger partial charge in [0.2, 0.25) is 0 Å². The second kappa shape index (κ2) is 12.5. The summed E-state index contributed by atoms with van der Waals surface area (Å²) in [6.45, 7) is 3.89. The van der Waals surface area contributed by atoms with Crippen molar-refractivity contribution in [2.75, 3.05) is 0 Å². The zero-order chi connectivity index (χ0) is 19.3. The molecule has 1 rings (SSSR count). The minimum Gasteiger partial charge on any atom is -0.303 e. The van der Waals surface area contributed by atoms with E-state index in [1.807, 2.05) is 0 Å². The molecule has 1 aromatic carbocycles. The average Bonchev–Trinajstić information content (AvgIpc) is 2.59. The Kier molecular flexibility index (Phi) is 11.1. The van der Waals surface area contributed by atoms with Crippen molar-refractivity contribution in [1.29, 1.82) is 0 Å². The Balaban J connectivity index is 2.14. The van der Waals surface area contributed by atoms with Crippen molar-refractivity contribution in [3.8, 4) is 0 Å². The molecule has 0 aliphatic heterocycles. The summed E-state index contributed by atoms with van der Waals surface area (Å²) in [4.78, 5) is 0.149. The number of rotatable bonds is 15. The molecule has 0 amide bonds. The molecule has 0 fully saturated rings. The Morgan fingerprint density at radius 2 is 1.31 bits per heavy atom. The molecule has 150 valence electrons. The molecule has 0 spiro atoms. The largest absolute Gasteiger partial charge is 0.303 e. The first kappa shape index (κ1) is 23.1. The Morgan fingerprint density at radius 1 is 0.846 bits per heavy atom. The highest BCUT2D eigenvalue weighted by Crippen LogP contribution is 2.22. The summed E-state index contributed by atoms with van der Waals surface area (Å²) in [6, 6.07) is 8.16. The molecule has 5 heteroatoms. The highest BCUT2D eigenvalue weighted by atomic mass is 32.2. The first-order chi connectivity index (χ1) is 12.4. The Hall–Kier alpha value is -0.910. The third kappa shape index (κ3) is 10.3. The van der Waals surface area contributed by atoms with Crippen LogP contribution in [0.4, 0.5) is 0 Å². The van der Waals surface area contributed by atoms with Gasteiger partial charge in [0.1, 0.15) is 5.72 Å². The molecule has 0 bridgehead atoms. The predicted octanol–water partition coefficient (Wildman–Crippen LogP) is 5.77. The Bertz CT molecular complexity index is 570. The topological polar surface area (TPSA) is 69.4 Å². The fourth-order valence-corrected chi connectivity index (χ4v) is 4.24. The molecule has 4 nitrogen and oxygen atoms in total. The number of benzene rings is 1. The van der Waals surface area contributed by atoms with E-state index in [0.29, 0.717) is 6.42 Å². The highest BCUT2D eigenvalue weighted by molar-refractivity contribution is 7.86. The number of nitrogens with two attached hydrogens (primary N) is 1. The van der Waals surface area contributed by atoms with E-state index in [-0.39, 0.29) is 4.90 Å². The van der Waals surface area contributed by atoms with Crippen molar-refractivity contribution in [3.63, 3.8) is 0 Å². The van der Waals surface area contributed by atoms with Crippen molar-refractivity contribution in [3.05, 3.63) is 30.3 Å². The maximum atomic E-state index is 12.2. The minimum absolute atomic E-state index is 0.149. The van der Waals surface area contributed by atoms with Crippen molar-refractivity contribution in [2.24, 2.45) is 5.73 Å². The van der Waals surface area contributed by atoms with Gasteiger partial charge in [0, 0.05) is 0 Å². The molecule has 1 unspecified atom stereocenters. The monoisotopic (exact) mass is 383 g/mol. The van der Waals surface area contributed by atoms with Crippen LogP contribution in [0.5, 0.6) is 0 Å². The zero-order valence-corrected chi connectivity index (χ0v) is 17.4. The van der Waals surface area contributed by atoms with Crippen LogP contribution in [0, 0.1) is 0 Å². The van der Waals surface area contributed by atoms with Gasteiger partial charge in [0.15, 0.2) is 0 Å². The quantitative estimate of drug-likeness (QED) is 0.237. The number of hydrogen-bond acceptors (Lipinski definition) is 4. The van der Waals surface area contributed by atoms with Crippen LogP contribution in [0.15, 0.2) is 35.2 Å². The van der Waals surface area contributed by atoms with Crippen LogP contribution in [0.2, 0.25) is 0 Å². The summed E-state index contributed by atoms with van der Waals surface area (Å²) in [5.74, 6) is 0. The lowest BCUT2D eigenvalue weighted by atomic mass is 10.0. The van der Waals surface area contributed by atoms with E-state index in [9.17, 15) is 8.42 Å². The molecule has 0 aliphatic carbocycles. The highest BCUT2D eigenvalue weighted by Gasteiger charge is 2.28. The van der Waals surface area contributed by atoms with Gasteiger partial charge < -0.3 is 5.73 Å². The average molecular weight is 384 g/mol. The summed E-state index contributed by atoms with van der Waals surface area (Å²) in [5.41, 5.74) is 4.90. The van der Waals surface area contributed by atoms with Crippen molar-refractivity contribution in [2.45, 2.75) is 102 Å². The molecule has 0 aromatic heterocycles.